The van der Waals surface area contributed by atoms with Gasteiger partial charge in [0.2, 0.25) is 5.88 Å². The summed E-state index contributed by atoms with van der Waals surface area (Å²) in [4.78, 5) is 11.6. The van der Waals surface area contributed by atoms with E-state index >= 15 is 0 Å². The van der Waals surface area contributed by atoms with E-state index in [4.69, 9.17) is 33.5 Å². The zero-order valence-electron chi connectivity index (χ0n) is 9.24. The van der Waals surface area contributed by atoms with E-state index in [-0.39, 0.29) is 17.1 Å². The van der Waals surface area contributed by atoms with Crippen LogP contribution in [0.15, 0.2) is 22.7 Å². The molecule has 1 aromatic carbocycles. The van der Waals surface area contributed by atoms with Crippen LogP contribution in [0.5, 0.6) is 0 Å². The van der Waals surface area contributed by atoms with Gasteiger partial charge in [-0.15, -0.1) is 0 Å². The molecule has 1 heterocycles. The first-order valence-electron chi connectivity index (χ1n) is 4.84. The van der Waals surface area contributed by atoms with Gasteiger partial charge in [-0.2, -0.15) is 0 Å². The van der Waals surface area contributed by atoms with Crippen LogP contribution in [0, 0.1) is 0 Å². The van der Waals surface area contributed by atoms with Gasteiger partial charge in [0.1, 0.15) is 5.69 Å². The molecular formula is C11H8Cl2N2O3. The summed E-state index contributed by atoms with van der Waals surface area (Å²) >= 11 is 12.1. The van der Waals surface area contributed by atoms with Crippen LogP contribution in [-0.2, 0) is 4.74 Å². The largest absolute Gasteiger partial charge is 0.465 e. The molecule has 0 fully saturated rings. The van der Waals surface area contributed by atoms with Crippen molar-refractivity contribution in [1.82, 2.24) is 5.16 Å². The summed E-state index contributed by atoms with van der Waals surface area (Å²) in [6.07, 6.45) is 0. The van der Waals surface area contributed by atoms with Crippen molar-refractivity contribution in [3.05, 3.63) is 33.8 Å². The van der Waals surface area contributed by atoms with Crippen LogP contribution >= 0.6 is 23.2 Å². The standard InChI is InChI=1S/C11H8Cl2N2O3/c1-17-11(16)8-9(15-18-10(8)14)7-5(12)3-2-4-6(7)13/h2-4H,14H2,1H3. The number of hydrogen-bond donors (Lipinski definition) is 1. The number of nitrogen functional groups attached to an aromatic ring is 1. The lowest BCUT2D eigenvalue weighted by Gasteiger charge is -2.04. The average Bonchev–Trinajstić information content (AvgIpc) is 2.70. The Labute approximate surface area is 112 Å². The number of rotatable bonds is 2. The van der Waals surface area contributed by atoms with Crippen molar-refractivity contribution in [2.24, 2.45) is 0 Å². The summed E-state index contributed by atoms with van der Waals surface area (Å²) in [6, 6.07) is 4.92. The van der Waals surface area contributed by atoms with Gasteiger partial charge in [0.15, 0.2) is 5.56 Å². The number of carbonyl (C=O) groups excluding carboxylic acids is 1. The number of hydrogen-bond acceptors (Lipinski definition) is 5. The SMILES string of the molecule is COC(=O)c1c(-c2c(Cl)cccc2Cl)noc1N. The molecule has 0 aliphatic carbocycles. The van der Waals surface area contributed by atoms with E-state index < -0.39 is 5.97 Å². The molecule has 2 aromatic rings. The zero-order valence-corrected chi connectivity index (χ0v) is 10.7. The Balaban J connectivity index is 2.69. The number of carbonyl (C=O) groups is 1. The van der Waals surface area contributed by atoms with Gasteiger partial charge in [-0.3, -0.25) is 0 Å². The minimum Gasteiger partial charge on any atom is -0.465 e. The maximum absolute atomic E-state index is 11.6. The molecule has 0 aliphatic heterocycles. The van der Waals surface area contributed by atoms with Crippen molar-refractivity contribution in [3.63, 3.8) is 0 Å². The predicted molar refractivity (Wildman–Crippen MR) is 67.7 cm³/mol. The Morgan fingerprint density at radius 3 is 2.56 bits per heavy atom. The first kappa shape index (κ1) is 12.7. The van der Waals surface area contributed by atoms with Gasteiger partial charge >= 0.3 is 5.97 Å². The van der Waals surface area contributed by atoms with E-state index in [1.165, 1.54) is 7.11 Å². The third-order valence-electron chi connectivity index (χ3n) is 2.31. The van der Waals surface area contributed by atoms with Gasteiger partial charge in [-0.1, -0.05) is 34.4 Å². The monoisotopic (exact) mass is 286 g/mol. The van der Waals surface area contributed by atoms with Crippen molar-refractivity contribution in [1.29, 1.82) is 0 Å². The van der Waals surface area contributed by atoms with Gasteiger partial charge in [0.05, 0.1) is 17.2 Å². The van der Waals surface area contributed by atoms with E-state index in [0.717, 1.165) is 0 Å². The summed E-state index contributed by atoms with van der Waals surface area (Å²) in [6.45, 7) is 0. The molecule has 0 unspecified atom stereocenters. The van der Waals surface area contributed by atoms with Crippen LogP contribution in [0.1, 0.15) is 10.4 Å². The molecule has 2 N–H and O–H groups in total. The highest BCUT2D eigenvalue weighted by atomic mass is 35.5. The fourth-order valence-electron chi connectivity index (χ4n) is 1.50. The molecule has 5 nitrogen and oxygen atoms in total. The molecule has 1 aromatic heterocycles. The molecule has 0 spiro atoms. The second-order valence-corrected chi connectivity index (χ2v) is 4.17. The van der Waals surface area contributed by atoms with Crippen molar-refractivity contribution in [2.45, 2.75) is 0 Å². The molecule has 0 bridgehead atoms. The fraction of sp³-hybridized carbons (Fsp3) is 0.0909. The highest BCUT2D eigenvalue weighted by Crippen LogP contribution is 2.37. The van der Waals surface area contributed by atoms with Gasteiger partial charge in [-0.25, -0.2) is 4.79 Å². The third kappa shape index (κ3) is 2.02. The highest BCUT2D eigenvalue weighted by Gasteiger charge is 2.25. The van der Waals surface area contributed by atoms with Crippen molar-refractivity contribution < 1.29 is 14.1 Å². The molecule has 7 heteroatoms. The lowest BCUT2D eigenvalue weighted by Crippen LogP contribution is -2.05. The second-order valence-electron chi connectivity index (χ2n) is 3.36. The molecule has 0 saturated heterocycles. The number of nitrogens with two attached hydrogens (primary N) is 1. The summed E-state index contributed by atoms with van der Waals surface area (Å²) in [5, 5.41) is 4.38. The molecule has 0 radical (unpaired) electrons. The van der Waals surface area contributed by atoms with Gasteiger partial charge < -0.3 is 15.0 Å². The highest BCUT2D eigenvalue weighted by molar-refractivity contribution is 6.39. The van der Waals surface area contributed by atoms with Crippen LogP contribution in [0.4, 0.5) is 5.88 Å². The Kier molecular flexibility index (Phi) is 3.45. The van der Waals surface area contributed by atoms with Crippen LogP contribution in [0.2, 0.25) is 10.0 Å². The molecule has 0 atom stereocenters. The molecule has 2 rings (SSSR count). The lowest BCUT2D eigenvalue weighted by molar-refractivity contribution is 0.0602. The van der Waals surface area contributed by atoms with Crippen LogP contribution in [-0.4, -0.2) is 18.2 Å². The fourth-order valence-corrected chi connectivity index (χ4v) is 2.07. The van der Waals surface area contributed by atoms with Gasteiger partial charge in [-0.05, 0) is 12.1 Å². The number of benzene rings is 1. The lowest BCUT2D eigenvalue weighted by atomic mass is 10.1. The predicted octanol–water partition coefficient (Wildman–Crippen LogP) is 3.02. The van der Waals surface area contributed by atoms with Crippen molar-refractivity contribution >= 4 is 35.1 Å². The molecule has 0 amide bonds. The molecule has 94 valence electrons. The van der Waals surface area contributed by atoms with Crippen LogP contribution < -0.4 is 5.73 Å². The Bertz CT molecular complexity index is 590. The smallest absolute Gasteiger partial charge is 0.345 e. The zero-order chi connectivity index (χ0) is 13.3. The number of esters is 1. The topological polar surface area (TPSA) is 78.3 Å². The molecular weight excluding hydrogens is 279 g/mol. The van der Waals surface area contributed by atoms with E-state index in [1.807, 2.05) is 0 Å². The minimum absolute atomic E-state index is 0.00694. The Hall–Kier alpha value is -1.72. The normalized spacial score (nSPS) is 10.4. The quantitative estimate of drug-likeness (QED) is 0.859. The number of nitrogens with zero attached hydrogens (tertiary/aromatic N) is 1. The van der Waals surface area contributed by atoms with Crippen LogP contribution in [0.25, 0.3) is 11.3 Å². The number of ether oxygens (including phenoxy) is 1. The summed E-state index contributed by atoms with van der Waals surface area (Å²) in [5.41, 5.74) is 6.08. The average molecular weight is 287 g/mol. The number of methoxy groups -OCH3 is 1. The Morgan fingerprint density at radius 2 is 2.00 bits per heavy atom. The first-order chi connectivity index (χ1) is 8.56. The van der Waals surface area contributed by atoms with Gasteiger partial charge in [0.25, 0.3) is 0 Å². The van der Waals surface area contributed by atoms with E-state index in [2.05, 4.69) is 9.89 Å². The maximum atomic E-state index is 11.6. The number of aromatic nitrogens is 1. The van der Waals surface area contributed by atoms with Crippen molar-refractivity contribution in [3.8, 4) is 11.3 Å². The second kappa shape index (κ2) is 4.88. The Morgan fingerprint density at radius 1 is 1.39 bits per heavy atom. The molecule has 0 saturated carbocycles. The van der Waals surface area contributed by atoms with E-state index in [9.17, 15) is 4.79 Å². The van der Waals surface area contributed by atoms with Gasteiger partial charge in [0, 0.05) is 5.56 Å². The van der Waals surface area contributed by atoms with Crippen molar-refractivity contribution in [2.75, 3.05) is 12.8 Å². The van der Waals surface area contributed by atoms with Crippen LogP contribution in [0.3, 0.4) is 0 Å². The minimum atomic E-state index is -0.667. The van der Waals surface area contributed by atoms with E-state index in [1.54, 1.807) is 18.2 Å². The summed E-state index contributed by atoms with van der Waals surface area (Å²) in [5.74, 6) is -0.812. The summed E-state index contributed by atoms with van der Waals surface area (Å²) in [7, 11) is 1.23. The molecule has 0 aliphatic rings. The third-order valence-corrected chi connectivity index (χ3v) is 2.94. The summed E-state index contributed by atoms with van der Waals surface area (Å²) < 4.78 is 9.40. The molecule has 18 heavy (non-hydrogen) atoms. The first-order valence-corrected chi connectivity index (χ1v) is 5.59. The maximum Gasteiger partial charge on any atom is 0.345 e. The number of anilines is 1. The number of halogens is 2. The van der Waals surface area contributed by atoms with E-state index in [0.29, 0.717) is 15.6 Å².